The van der Waals surface area contributed by atoms with Crippen LogP contribution < -0.4 is 5.73 Å². The molecule has 0 aromatic carbocycles. The quantitative estimate of drug-likeness (QED) is 0.569. The number of hydrogen-bond donors (Lipinski definition) is 1. The molecule has 0 aromatic heterocycles. The van der Waals surface area contributed by atoms with Crippen LogP contribution in [0, 0.1) is 5.92 Å². The lowest BCUT2D eigenvalue weighted by molar-refractivity contribution is 0.334. The Hall–Kier alpha value is 0.270. The third-order valence-corrected chi connectivity index (χ3v) is 3.56. The molecule has 1 heterocycles. The lowest BCUT2D eigenvalue weighted by Gasteiger charge is -2.28. The summed E-state index contributed by atoms with van der Waals surface area (Å²) >= 11 is 1.83. The highest BCUT2D eigenvalue weighted by molar-refractivity contribution is 7.96. The predicted octanol–water partition coefficient (Wildman–Crippen LogP) is 0.688. The van der Waals surface area contributed by atoms with E-state index in [1.54, 1.807) is 0 Å². The summed E-state index contributed by atoms with van der Waals surface area (Å²) in [6.45, 7) is 2.35. The summed E-state index contributed by atoms with van der Waals surface area (Å²) in [5.41, 5.74) is 6.29. The van der Waals surface area contributed by atoms with Gasteiger partial charge in [-0.15, -0.1) is 0 Å². The van der Waals surface area contributed by atoms with Gasteiger partial charge in [0.2, 0.25) is 0 Å². The zero-order chi connectivity index (χ0) is 7.19. The molecule has 2 unspecified atom stereocenters. The van der Waals surface area contributed by atoms with Crippen molar-refractivity contribution in [1.29, 1.82) is 0 Å². The number of piperidine rings is 1. The molecule has 2 atom stereocenters. The largest absolute Gasteiger partial charge is 0.324 e. The maximum atomic E-state index is 6.06. The van der Waals surface area contributed by atoms with Crippen molar-refractivity contribution in [2.45, 2.75) is 18.4 Å². The van der Waals surface area contributed by atoms with Crippen LogP contribution in [0.3, 0.4) is 0 Å². The summed E-state index contributed by atoms with van der Waals surface area (Å²) in [5, 5.41) is 0. The summed E-state index contributed by atoms with van der Waals surface area (Å²) in [7, 11) is 0. The van der Waals surface area contributed by atoms with Gasteiger partial charge in [0.1, 0.15) is 0 Å². The van der Waals surface area contributed by atoms with Crippen LogP contribution in [0.15, 0.2) is 0 Å². The number of nitrogens with two attached hydrogens (primary N) is 1. The Kier molecular flexibility index (Phi) is 1.48. The van der Waals surface area contributed by atoms with Gasteiger partial charge in [-0.1, -0.05) is 11.9 Å². The SMILES string of the molecule is CSN1CCC2CC2(N)C1. The van der Waals surface area contributed by atoms with Gasteiger partial charge >= 0.3 is 0 Å². The van der Waals surface area contributed by atoms with Gasteiger partial charge in [0, 0.05) is 18.6 Å². The number of hydrogen-bond acceptors (Lipinski definition) is 3. The minimum Gasteiger partial charge on any atom is -0.324 e. The molecule has 2 nitrogen and oxygen atoms in total. The fourth-order valence-corrected chi connectivity index (χ4v) is 2.50. The first-order valence-corrected chi connectivity index (χ1v) is 5.01. The maximum absolute atomic E-state index is 6.06. The highest BCUT2D eigenvalue weighted by Crippen LogP contribution is 2.47. The molecule has 2 fully saturated rings. The topological polar surface area (TPSA) is 29.3 Å². The first-order valence-electron chi connectivity index (χ1n) is 3.82. The molecule has 0 radical (unpaired) electrons. The molecule has 1 saturated carbocycles. The number of nitrogens with zero attached hydrogens (tertiary/aromatic N) is 1. The van der Waals surface area contributed by atoms with Gasteiger partial charge in [-0.05, 0) is 25.0 Å². The van der Waals surface area contributed by atoms with Crippen LogP contribution >= 0.6 is 11.9 Å². The molecule has 2 rings (SSSR count). The van der Waals surface area contributed by atoms with Crippen molar-refractivity contribution in [2.75, 3.05) is 19.3 Å². The normalized spacial score (nSPS) is 46.8. The molecule has 3 heteroatoms. The fourth-order valence-electron chi connectivity index (χ4n) is 1.85. The first kappa shape index (κ1) is 6.95. The summed E-state index contributed by atoms with van der Waals surface area (Å²) < 4.78 is 2.38. The van der Waals surface area contributed by atoms with Gasteiger partial charge in [0.05, 0.1) is 0 Å². The molecule has 0 aromatic rings. The molecular formula is C7H14N2S. The van der Waals surface area contributed by atoms with Gasteiger partial charge < -0.3 is 5.73 Å². The number of rotatable bonds is 1. The van der Waals surface area contributed by atoms with Gasteiger partial charge in [-0.25, -0.2) is 4.31 Å². The molecule has 58 valence electrons. The van der Waals surface area contributed by atoms with E-state index in [0.717, 1.165) is 12.5 Å². The maximum Gasteiger partial charge on any atom is 0.0325 e. The van der Waals surface area contributed by atoms with Crippen molar-refractivity contribution >= 4 is 11.9 Å². The van der Waals surface area contributed by atoms with E-state index in [-0.39, 0.29) is 5.54 Å². The first-order chi connectivity index (χ1) is 4.74. The molecule has 0 spiro atoms. The molecule has 1 aliphatic heterocycles. The van der Waals surface area contributed by atoms with Crippen LogP contribution in [-0.2, 0) is 0 Å². The highest BCUT2D eigenvalue weighted by Gasteiger charge is 2.53. The second kappa shape index (κ2) is 2.13. The Morgan fingerprint density at radius 3 is 3.10 bits per heavy atom. The van der Waals surface area contributed by atoms with E-state index in [1.165, 1.54) is 19.4 Å². The standard InChI is InChI=1S/C7H14N2S/c1-10-9-3-2-6-4-7(6,8)5-9/h6H,2-5,8H2,1H3. The second-order valence-corrected chi connectivity index (χ2v) is 4.35. The lowest BCUT2D eigenvalue weighted by atomic mass is 10.1. The van der Waals surface area contributed by atoms with Crippen molar-refractivity contribution in [3.63, 3.8) is 0 Å². The van der Waals surface area contributed by atoms with Crippen molar-refractivity contribution in [2.24, 2.45) is 11.7 Å². The summed E-state index contributed by atoms with van der Waals surface area (Å²) in [6, 6.07) is 0. The lowest BCUT2D eigenvalue weighted by Crippen LogP contribution is -2.42. The van der Waals surface area contributed by atoms with Crippen LogP contribution in [0.1, 0.15) is 12.8 Å². The van der Waals surface area contributed by atoms with Crippen molar-refractivity contribution in [1.82, 2.24) is 4.31 Å². The van der Waals surface area contributed by atoms with E-state index in [2.05, 4.69) is 10.6 Å². The molecule has 0 bridgehead atoms. The Balaban J connectivity index is 1.96. The predicted molar refractivity (Wildman–Crippen MR) is 44.7 cm³/mol. The van der Waals surface area contributed by atoms with Crippen molar-refractivity contribution < 1.29 is 0 Å². The third-order valence-electron chi connectivity index (χ3n) is 2.74. The van der Waals surface area contributed by atoms with Gasteiger partial charge in [0.15, 0.2) is 0 Å². The van der Waals surface area contributed by atoms with E-state index in [9.17, 15) is 0 Å². The second-order valence-electron chi connectivity index (χ2n) is 3.47. The van der Waals surface area contributed by atoms with E-state index >= 15 is 0 Å². The van der Waals surface area contributed by atoms with Crippen molar-refractivity contribution in [3.05, 3.63) is 0 Å². The molecule has 1 aliphatic carbocycles. The summed E-state index contributed by atoms with van der Waals surface area (Å²) in [5.74, 6) is 0.857. The van der Waals surface area contributed by atoms with Gasteiger partial charge in [-0.2, -0.15) is 0 Å². The molecule has 2 aliphatic rings. The monoisotopic (exact) mass is 158 g/mol. The Morgan fingerprint density at radius 2 is 2.50 bits per heavy atom. The van der Waals surface area contributed by atoms with Gasteiger partial charge in [0.25, 0.3) is 0 Å². The molecule has 1 saturated heterocycles. The van der Waals surface area contributed by atoms with E-state index in [4.69, 9.17) is 5.73 Å². The fraction of sp³-hybridized carbons (Fsp3) is 1.00. The molecule has 2 N–H and O–H groups in total. The smallest absolute Gasteiger partial charge is 0.0325 e. The van der Waals surface area contributed by atoms with E-state index in [0.29, 0.717) is 0 Å². The van der Waals surface area contributed by atoms with Crippen LogP contribution in [0.4, 0.5) is 0 Å². The minimum atomic E-state index is 0.223. The highest BCUT2D eigenvalue weighted by atomic mass is 32.2. The Bertz CT molecular complexity index is 151. The minimum absolute atomic E-state index is 0.223. The van der Waals surface area contributed by atoms with Crippen LogP contribution in [0.2, 0.25) is 0 Å². The summed E-state index contributed by atoms with van der Waals surface area (Å²) in [6.07, 6.45) is 4.72. The Morgan fingerprint density at radius 1 is 1.70 bits per heavy atom. The van der Waals surface area contributed by atoms with E-state index < -0.39 is 0 Å². The molecule has 10 heavy (non-hydrogen) atoms. The summed E-state index contributed by atoms with van der Waals surface area (Å²) in [4.78, 5) is 0. The van der Waals surface area contributed by atoms with Crippen molar-refractivity contribution in [3.8, 4) is 0 Å². The van der Waals surface area contributed by atoms with E-state index in [1.807, 2.05) is 11.9 Å². The van der Waals surface area contributed by atoms with Gasteiger partial charge in [-0.3, -0.25) is 0 Å². The third kappa shape index (κ3) is 0.966. The zero-order valence-corrected chi connectivity index (χ0v) is 7.16. The van der Waals surface area contributed by atoms with Crippen LogP contribution in [0.25, 0.3) is 0 Å². The molecular weight excluding hydrogens is 144 g/mol. The van der Waals surface area contributed by atoms with Crippen LogP contribution in [0.5, 0.6) is 0 Å². The zero-order valence-electron chi connectivity index (χ0n) is 6.34. The van der Waals surface area contributed by atoms with Crippen LogP contribution in [-0.4, -0.2) is 29.2 Å². The Labute approximate surface area is 66.3 Å². The molecule has 0 amide bonds. The average Bonchev–Trinajstić information content (AvgIpc) is 2.58. The number of fused-ring (bicyclic) bond motifs is 1. The average molecular weight is 158 g/mol.